The minimum atomic E-state index is -4.79. The second kappa shape index (κ2) is 7.55. The van der Waals surface area contributed by atoms with Crippen molar-refractivity contribution in [3.05, 3.63) is 59.7 Å². The molecule has 0 fully saturated rings. The Morgan fingerprint density at radius 1 is 1.12 bits per heavy atom. The van der Waals surface area contributed by atoms with Crippen molar-refractivity contribution in [2.75, 3.05) is 7.11 Å². The highest BCUT2D eigenvalue weighted by Gasteiger charge is 2.31. The second-order valence-corrected chi connectivity index (χ2v) is 5.23. The third-order valence-corrected chi connectivity index (χ3v) is 3.50. The third-order valence-electron chi connectivity index (χ3n) is 3.50. The molecule has 2 atom stereocenters. The van der Waals surface area contributed by atoms with Crippen molar-refractivity contribution in [2.24, 2.45) is 5.73 Å². The van der Waals surface area contributed by atoms with Gasteiger partial charge in [-0.1, -0.05) is 30.3 Å². The van der Waals surface area contributed by atoms with Crippen LogP contribution in [0, 0.1) is 0 Å². The number of methoxy groups -OCH3 is 1. The minimum Gasteiger partial charge on any atom is -0.496 e. The molecule has 0 aliphatic rings. The first-order chi connectivity index (χ1) is 11.3. The van der Waals surface area contributed by atoms with Crippen molar-refractivity contribution in [3.63, 3.8) is 0 Å². The molecule has 0 aromatic heterocycles. The molecule has 7 heteroatoms. The predicted octanol–water partition coefficient (Wildman–Crippen LogP) is 3.20. The number of aliphatic hydroxyl groups is 1. The van der Waals surface area contributed by atoms with Crippen LogP contribution in [0.4, 0.5) is 13.2 Å². The van der Waals surface area contributed by atoms with E-state index in [1.54, 1.807) is 0 Å². The topological polar surface area (TPSA) is 64.7 Å². The Bertz CT molecular complexity index is 662. The lowest BCUT2D eigenvalue weighted by molar-refractivity contribution is -0.274. The highest BCUT2D eigenvalue weighted by Crippen LogP contribution is 2.33. The zero-order chi connectivity index (χ0) is 17.7. The fraction of sp³-hybridized carbons (Fsp3) is 0.294. The number of nitrogens with two attached hydrogens (primary N) is 1. The first-order valence-corrected chi connectivity index (χ1v) is 7.21. The Balaban J connectivity index is 2.17. The summed E-state index contributed by atoms with van der Waals surface area (Å²) in [4.78, 5) is 0. The molecule has 0 radical (unpaired) electrons. The number of ether oxygens (including phenoxy) is 2. The summed E-state index contributed by atoms with van der Waals surface area (Å²) in [6.45, 7) is 0. The maximum absolute atomic E-state index is 12.3. The summed E-state index contributed by atoms with van der Waals surface area (Å²) in [5.41, 5.74) is 7.35. The zero-order valence-corrected chi connectivity index (χ0v) is 13.0. The number of alkyl halides is 3. The summed E-state index contributed by atoms with van der Waals surface area (Å²) in [6.07, 6.45) is -5.40. The van der Waals surface area contributed by atoms with Gasteiger partial charge in [-0.15, -0.1) is 13.2 Å². The lowest BCUT2D eigenvalue weighted by atomic mass is 9.96. The van der Waals surface area contributed by atoms with Crippen molar-refractivity contribution in [1.29, 1.82) is 0 Å². The molecule has 2 aromatic carbocycles. The quantitative estimate of drug-likeness (QED) is 0.847. The van der Waals surface area contributed by atoms with Crippen LogP contribution in [0.1, 0.15) is 17.2 Å². The van der Waals surface area contributed by atoms with Gasteiger partial charge in [0.05, 0.1) is 19.3 Å². The molecule has 0 saturated carbocycles. The first kappa shape index (κ1) is 18.1. The molecule has 3 N–H and O–H groups in total. The van der Waals surface area contributed by atoms with E-state index >= 15 is 0 Å². The standard InChI is InChI=1S/C17H18F3NO3/c1-23-15-10-12(24-17(18,19)20)7-8-13(15)16(21)14(22)9-11-5-3-2-4-6-11/h2-8,10,14,16,22H,9,21H2,1H3/t14-,16+/m1/s1. The van der Waals surface area contributed by atoms with E-state index in [4.69, 9.17) is 10.5 Å². The van der Waals surface area contributed by atoms with Gasteiger partial charge in [0.1, 0.15) is 11.5 Å². The Kier molecular flexibility index (Phi) is 5.69. The Morgan fingerprint density at radius 3 is 2.38 bits per heavy atom. The van der Waals surface area contributed by atoms with Crippen molar-refractivity contribution < 1.29 is 27.8 Å². The summed E-state index contributed by atoms with van der Waals surface area (Å²) in [7, 11) is 1.31. The summed E-state index contributed by atoms with van der Waals surface area (Å²) >= 11 is 0. The summed E-state index contributed by atoms with van der Waals surface area (Å²) in [5, 5.41) is 10.3. The summed E-state index contributed by atoms with van der Waals surface area (Å²) < 4.78 is 45.8. The molecule has 4 nitrogen and oxygen atoms in total. The second-order valence-electron chi connectivity index (χ2n) is 5.23. The number of aliphatic hydroxyl groups excluding tert-OH is 1. The van der Waals surface area contributed by atoms with Gasteiger partial charge in [-0.3, -0.25) is 0 Å². The van der Waals surface area contributed by atoms with Gasteiger partial charge in [0.25, 0.3) is 0 Å². The van der Waals surface area contributed by atoms with Gasteiger partial charge in [0.2, 0.25) is 0 Å². The highest BCUT2D eigenvalue weighted by atomic mass is 19.4. The average Bonchev–Trinajstić information content (AvgIpc) is 2.53. The van der Waals surface area contributed by atoms with Crippen LogP contribution in [0.25, 0.3) is 0 Å². The van der Waals surface area contributed by atoms with Crippen molar-refractivity contribution in [3.8, 4) is 11.5 Å². The molecule has 0 spiro atoms. The fourth-order valence-electron chi connectivity index (χ4n) is 2.35. The number of hydrogen-bond donors (Lipinski definition) is 2. The van der Waals surface area contributed by atoms with E-state index in [2.05, 4.69) is 4.74 Å². The number of benzene rings is 2. The highest BCUT2D eigenvalue weighted by molar-refractivity contribution is 5.43. The minimum absolute atomic E-state index is 0.122. The molecule has 0 aliphatic carbocycles. The number of rotatable bonds is 6. The van der Waals surface area contributed by atoms with Gasteiger partial charge >= 0.3 is 6.36 Å². The molecular weight excluding hydrogens is 323 g/mol. The van der Waals surface area contributed by atoms with E-state index < -0.39 is 24.3 Å². The van der Waals surface area contributed by atoms with Gasteiger partial charge in [-0.25, -0.2) is 0 Å². The largest absolute Gasteiger partial charge is 0.573 e. The third kappa shape index (κ3) is 4.87. The normalized spacial score (nSPS) is 14.1. The first-order valence-electron chi connectivity index (χ1n) is 7.21. The van der Waals surface area contributed by atoms with Crippen molar-refractivity contribution in [1.82, 2.24) is 0 Å². The van der Waals surface area contributed by atoms with Crippen LogP contribution in [-0.2, 0) is 6.42 Å². The lowest BCUT2D eigenvalue weighted by Gasteiger charge is -2.22. The molecule has 0 saturated heterocycles. The maximum atomic E-state index is 12.3. The van der Waals surface area contributed by atoms with Crippen LogP contribution in [0.3, 0.4) is 0 Å². The molecular formula is C17H18F3NO3. The molecule has 0 bridgehead atoms. The Hall–Kier alpha value is -2.25. The van der Waals surface area contributed by atoms with Crippen LogP contribution in [-0.4, -0.2) is 24.7 Å². The summed E-state index contributed by atoms with van der Waals surface area (Å²) in [6, 6.07) is 12.0. The van der Waals surface area contributed by atoms with Crippen molar-refractivity contribution >= 4 is 0 Å². The lowest BCUT2D eigenvalue weighted by Crippen LogP contribution is -2.28. The van der Waals surface area contributed by atoms with E-state index in [0.29, 0.717) is 12.0 Å². The van der Waals surface area contributed by atoms with E-state index in [0.717, 1.165) is 17.7 Å². The van der Waals surface area contributed by atoms with Gasteiger partial charge in [0, 0.05) is 18.1 Å². The molecule has 0 aliphatic heterocycles. The smallest absolute Gasteiger partial charge is 0.496 e. The van der Waals surface area contributed by atoms with E-state index in [1.165, 1.54) is 13.2 Å². The predicted molar refractivity (Wildman–Crippen MR) is 82.8 cm³/mol. The molecule has 0 amide bonds. The number of hydrogen-bond acceptors (Lipinski definition) is 4. The van der Waals surface area contributed by atoms with Gasteiger partial charge in [-0.05, 0) is 17.7 Å². The molecule has 0 heterocycles. The summed E-state index contributed by atoms with van der Waals surface area (Å²) in [5.74, 6) is -0.288. The maximum Gasteiger partial charge on any atom is 0.573 e. The van der Waals surface area contributed by atoms with Crippen LogP contribution >= 0.6 is 0 Å². The SMILES string of the molecule is COc1cc(OC(F)(F)F)ccc1[C@H](N)[C@H](O)Cc1ccccc1. The van der Waals surface area contributed by atoms with E-state index in [9.17, 15) is 18.3 Å². The van der Waals surface area contributed by atoms with E-state index in [-0.39, 0.29) is 5.75 Å². The van der Waals surface area contributed by atoms with Gasteiger partial charge in [-0.2, -0.15) is 0 Å². The van der Waals surface area contributed by atoms with E-state index in [1.807, 2.05) is 30.3 Å². The molecule has 0 unspecified atom stereocenters. The van der Waals surface area contributed by atoms with Crippen molar-refractivity contribution in [2.45, 2.75) is 24.9 Å². The Labute approximate surface area is 137 Å². The van der Waals surface area contributed by atoms with Crippen LogP contribution in [0.15, 0.2) is 48.5 Å². The Morgan fingerprint density at radius 2 is 1.79 bits per heavy atom. The van der Waals surface area contributed by atoms with Crippen LogP contribution in [0.2, 0.25) is 0 Å². The monoisotopic (exact) mass is 341 g/mol. The molecule has 130 valence electrons. The number of halogens is 3. The molecule has 24 heavy (non-hydrogen) atoms. The van der Waals surface area contributed by atoms with Gasteiger partial charge in [0.15, 0.2) is 0 Å². The van der Waals surface area contributed by atoms with Crippen LogP contribution < -0.4 is 15.2 Å². The van der Waals surface area contributed by atoms with Crippen LogP contribution in [0.5, 0.6) is 11.5 Å². The zero-order valence-electron chi connectivity index (χ0n) is 13.0. The average molecular weight is 341 g/mol. The fourth-order valence-corrected chi connectivity index (χ4v) is 2.35. The molecule has 2 rings (SSSR count). The van der Waals surface area contributed by atoms with Gasteiger partial charge < -0.3 is 20.3 Å². The molecule has 2 aromatic rings.